The maximum Gasteiger partial charge on any atom is 0.335 e. The predicted molar refractivity (Wildman–Crippen MR) is 88.4 cm³/mol. The van der Waals surface area contributed by atoms with Crippen molar-refractivity contribution in [2.24, 2.45) is 7.05 Å². The lowest BCUT2D eigenvalue weighted by Crippen LogP contribution is -2.34. The zero-order chi connectivity index (χ0) is 16.8. The fourth-order valence-electron chi connectivity index (χ4n) is 2.52. The number of nitrogens with zero attached hydrogens (tertiary/aromatic N) is 1. The molecule has 2 aromatic rings. The highest BCUT2D eigenvalue weighted by Crippen LogP contribution is 2.08. The summed E-state index contributed by atoms with van der Waals surface area (Å²) in [5.74, 6) is -1.07. The van der Waals surface area contributed by atoms with Crippen molar-refractivity contribution in [2.45, 2.75) is 32.2 Å². The molecule has 0 saturated heterocycles. The number of carboxylic acids is 1. The van der Waals surface area contributed by atoms with E-state index in [1.807, 2.05) is 26.2 Å². The molecule has 1 amide bonds. The molecule has 0 radical (unpaired) electrons. The quantitative estimate of drug-likeness (QED) is 0.824. The number of amides is 1. The monoisotopic (exact) mass is 314 g/mol. The Morgan fingerprint density at radius 2 is 2.04 bits per heavy atom. The lowest BCUT2D eigenvalue weighted by atomic mass is 10.1. The van der Waals surface area contributed by atoms with Gasteiger partial charge in [0.15, 0.2) is 0 Å². The van der Waals surface area contributed by atoms with Gasteiger partial charge in [-0.3, -0.25) is 4.79 Å². The number of nitrogens with one attached hydrogen (secondary N) is 1. The third-order valence-electron chi connectivity index (χ3n) is 3.83. The fraction of sp³-hybridized carbons (Fsp3) is 0.333. The first-order chi connectivity index (χ1) is 11.0. The Kier molecular flexibility index (Phi) is 5.57. The third-order valence-corrected chi connectivity index (χ3v) is 3.83. The number of aromatic carboxylic acids is 1. The van der Waals surface area contributed by atoms with Gasteiger partial charge >= 0.3 is 5.97 Å². The molecule has 1 aromatic heterocycles. The van der Waals surface area contributed by atoms with Crippen LogP contribution in [0.4, 0.5) is 0 Å². The molecule has 1 aromatic carbocycles. The van der Waals surface area contributed by atoms with Crippen LogP contribution in [0, 0.1) is 0 Å². The van der Waals surface area contributed by atoms with Gasteiger partial charge in [-0.05, 0) is 49.6 Å². The summed E-state index contributed by atoms with van der Waals surface area (Å²) in [5, 5.41) is 11.9. The number of carbonyl (C=O) groups is 2. The molecule has 5 heteroatoms. The summed E-state index contributed by atoms with van der Waals surface area (Å²) in [4.78, 5) is 23.0. The van der Waals surface area contributed by atoms with Crippen LogP contribution in [-0.2, 0) is 24.7 Å². The minimum absolute atomic E-state index is 0.0695. The second-order valence-electron chi connectivity index (χ2n) is 5.80. The summed E-state index contributed by atoms with van der Waals surface area (Å²) in [7, 11) is 2.01. The van der Waals surface area contributed by atoms with Gasteiger partial charge in [0.1, 0.15) is 0 Å². The first-order valence-corrected chi connectivity index (χ1v) is 7.67. The SMILES string of the molecule is CC(CCc1cccn1C)NC(=O)Cc1cccc(C(=O)O)c1. The van der Waals surface area contributed by atoms with Crippen LogP contribution in [0.3, 0.4) is 0 Å². The van der Waals surface area contributed by atoms with Crippen LogP contribution in [0.5, 0.6) is 0 Å². The van der Waals surface area contributed by atoms with Gasteiger partial charge in [-0.15, -0.1) is 0 Å². The molecule has 0 spiro atoms. The molecule has 0 aliphatic rings. The van der Waals surface area contributed by atoms with Gasteiger partial charge < -0.3 is 15.0 Å². The first-order valence-electron chi connectivity index (χ1n) is 7.67. The van der Waals surface area contributed by atoms with E-state index in [0.717, 1.165) is 12.8 Å². The Bertz CT molecular complexity index is 691. The van der Waals surface area contributed by atoms with E-state index in [9.17, 15) is 9.59 Å². The Morgan fingerprint density at radius 1 is 1.26 bits per heavy atom. The molecule has 0 aliphatic carbocycles. The summed E-state index contributed by atoms with van der Waals surface area (Å²) in [6, 6.07) is 10.6. The zero-order valence-electron chi connectivity index (χ0n) is 13.5. The van der Waals surface area contributed by atoms with E-state index >= 15 is 0 Å². The van der Waals surface area contributed by atoms with Crippen LogP contribution in [0.2, 0.25) is 0 Å². The molecule has 0 aliphatic heterocycles. The molecular formula is C18H22N2O3. The number of carboxylic acid groups (broad SMARTS) is 1. The van der Waals surface area contributed by atoms with Crippen molar-refractivity contribution in [1.82, 2.24) is 9.88 Å². The second kappa shape index (κ2) is 7.63. The van der Waals surface area contributed by atoms with Crippen molar-refractivity contribution >= 4 is 11.9 Å². The number of hydrogen-bond donors (Lipinski definition) is 2. The molecule has 122 valence electrons. The van der Waals surface area contributed by atoms with E-state index < -0.39 is 5.97 Å². The van der Waals surface area contributed by atoms with Gasteiger partial charge in [0.05, 0.1) is 12.0 Å². The number of aromatic nitrogens is 1. The van der Waals surface area contributed by atoms with Gasteiger partial charge in [-0.2, -0.15) is 0 Å². The van der Waals surface area contributed by atoms with E-state index in [1.165, 1.54) is 17.8 Å². The fourth-order valence-corrected chi connectivity index (χ4v) is 2.52. The van der Waals surface area contributed by atoms with Crippen molar-refractivity contribution in [2.75, 3.05) is 0 Å². The van der Waals surface area contributed by atoms with Crippen LogP contribution in [-0.4, -0.2) is 27.6 Å². The van der Waals surface area contributed by atoms with E-state index in [0.29, 0.717) is 5.56 Å². The number of hydrogen-bond acceptors (Lipinski definition) is 2. The van der Waals surface area contributed by atoms with Crippen molar-refractivity contribution in [3.05, 3.63) is 59.4 Å². The maximum absolute atomic E-state index is 12.1. The van der Waals surface area contributed by atoms with Gasteiger partial charge in [-0.25, -0.2) is 4.79 Å². The highest BCUT2D eigenvalue weighted by atomic mass is 16.4. The summed E-state index contributed by atoms with van der Waals surface area (Å²) >= 11 is 0. The molecule has 5 nitrogen and oxygen atoms in total. The van der Waals surface area contributed by atoms with Crippen molar-refractivity contribution in [3.8, 4) is 0 Å². The summed E-state index contributed by atoms with van der Waals surface area (Å²) in [6.07, 6.45) is 3.96. The molecule has 2 N–H and O–H groups in total. The van der Waals surface area contributed by atoms with E-state index in [4.69, 9.17) is 5.11 Å². The normalized spacial score (nSPS) is 11.9. The average molecular weight is 314 g/mol. The van der Waals surface area contributed by atoms with Crippen LogP contribution < -0.4 is 5.32 Å². The molecule has 1 unspecified atom stereocenters. The molecular weight excluding hydrogens is 292 g/mol. The lowest BCUT2D eigenvalue weighted by Gasteiger charge is -2.14. The molecule has 0 bridgehead atoms. The molecule has 2 rings (SSSR count). The Balaban J connectivity index is 1.83. The van der Waals surface area contributed by atoms with Crippen LogP contribution in [0.25, 0.3) is 0 Å². The van der Waals surface area contributed by atoms with Crippen molar-refractivity contribution < 1.29 is 14.7 Å². The highest BCUT2D eigenvalue weighted by molar-refractivity contribution is 5.88. The molecule has 1 heterocycles. The molecule has 1 atom stereocenters. The highest BCUT2D eigenvalue weighted by Gasteiger charge is 2.10. The van der Waals surface area contributed by atoms with Crippen molar-refractivity contribution in [1.29, 1.82) is 0 Å². The zero-order valence-corrected chi connectivity index (χ0v) is 13.5. The van der Waals surface area contributed by atoms with Gasteiger partial charge in [0.2, 0.25) is 5.91 Å². The largest absolute Gasteiger partial charge is 0.478 e. The number of aryl methyl sites for hydroxylation is 2. The number of carbonyl (C=O) groups excluding carboxylic acids is 1. The molecule has 0 fully saturated rings. The van der Waals surface area contributed by atoms with Crippen LogP contribution in [0.15, 0.2) is 42.6 Å². The standard InChI is InChI=1S/C18H22N2O3/c1-13(8-9-16-7-4-10-20(16)2)19-17(21)12-14-5-3-6-15(11-14)18(22)23/h3-7,10-11,13H,8-9,12H2,1-2H3,(H,19,21)(H,22,23). The number of benzene rings is 1. The summed E-state index contributed by atoms with van der Waals surface area (Å²) in [5.41, 5.74) is 2.14. The minimum atomic E-state index is -0.983. The average Bonchev–Trinajstić information content (AvgIpc) is 2.90. The predicted octanol–water partition coefficient (Wildman–Crippen LogP) is 2.40. The third kappa shape index (κ3) is 4.98. The maximum atomic E-state index is 12.1. The summed E-state index contributed by atoms with van der Waals surface area (Å²) < 4.78 is 2.08. The Labute approximate surface area is 135 Å². The van der Waals surface area contributed by atoms with Gasteiger partial charge in [0, 0.05) is 25.0 Å². The van der Waals surface area contributed by atoms with Gasteiger partial charge in [-0.1, -0.05) is 12.1 Å². The number of rotatable bonds is 7. The van der Waals surface area contributed by atoms with E-state index in [1.54, 1.807) is 12.1 Å². The van der Waals surface area contributed by atoms with Crippen molar-refractivity contribution in [3.63, 3.8) is 0 Å². The van der Waals surface area contributed by atoms with Gasteiger partial charge in [0.25, 0.3) is 0 Å². The Morgan fingerprint density at radius 3 is 2.70 bits per heavy atom. The lowest BCUT2D eigenvalue weighted by molar-refractivity contribution is -0.121. The van der Waals surface area contributed by atoms with E-state index in [2.05, 4.69) is 16.0 Å². The van der Waals surface area contributed by atoms with Crippen LogP contribution in [0.1, 0.15) is 35.0 Å². The first kappa shape index (κ1) is 16.8. The Hall–Kier alpha value is -2.56. The molecule has 23 heavy (non-hydrogen) atoms. The smallest absolute Gasteiger partial charge is 0.335 e. The minimum Gasteiger partial charge on any atom is -0.478 e. The van der Waals surface area contributed by atoms with E-state index in [-0.39, 0.29) is 23.9 Å². The topological polar surface area (TPSA) is 71.3 Å². The second-order valence-corrected chi connectivity index (χ2v) is 5.80. The molecule has 0 saturated carbocycles. The summed E-state index contributed by atoms with van der Waals surface area (Å²) in [6.45, 7) is 1.98. The van der Waals surface area contributed by atoms with Crippen LogP contribution >= 0.6 is 0 Å².